The van der Waals surface area contributed by atoms with E-state index in [4.69, 9.17) is 4.74 Å². The van der Waals surface area contributed by atoms with Crippen molar-refractivity contribution in [3.05, 3.63) is 34.9 Å². The Labute approximate surface area is 163 Å². The number of aliphatic hydroxyl groups excluding tert-OH is 2. The van der Waals surface area contributed by atoms with Gasteiger partial charge in [-0.15, -0.1) is 0 Å². The van der Waals surface area contributed by atoms with E-state index in [2.05, 4.69) is 16.7 Å². The van der Waals surface area contributed by atoms with Crippen LogP contribution in [0.5, 0.6) is 0 Å². The van der Waals surface area contributed by atoms with Crippen molar-refractivity contribution in [3.63, 3.8) is 0 Å². The summed E-state index contributed by atoms with van der Waals surface area (Å²) in [6, 6.07) is 5.61. The molecule has 2 unspecified atom stereocenters. The molecule has 0 spiro atoms. The number of carbonyl (C=O) groups is 1. The highest BCUT2D eigenvalue weighted by Crippen LogP contribution is 2.32. The van der Waals surface area contributed by atoms with Gasteiger partial charge in [-0.25, -0.2) is 0 Å². The molecule has 0 aliphatic carbocycles. The smallest absolute Gasteiger partial charge is 0.306 e. The van der Waals surface area contributed by atoms with Crippen LogP contribution in [0.25, 0.3) is 0 Å². The topological polar surface area (TPSA) is 70.0 Å². The molecule has 4 rings (SSSR count). The molecule has 3 saturated heterocycles. The van der Waals surface area contributed by atoms with Gasteiger partial charge in [0.25, 0.3) is 0 Å². The van der Waals surface area contributed by atoms with Crippen molar-refractivity contribution in [2.75, 3.05) is 19.7 Å². The molecule has 0 aromatic heterocycles. The van der Waals surface area contributed by atoms with E-state index in [1.807, 2.05) is 18.2 Å². The summed E-state index contributed by atoms with van der Waals surface area (Å²) in [6.45, 7) is 4.08. The largest absolute Gasteiger partial charge is 0.466 e. The Morgan fingerprint density at radius 1 is 1.33 bits per heavy atom. The molecule has 3 aliphatic heterocycles. The molecule has 3 aliphatic rings. The lowest BCUT2D eigenvalue weighted by atomic mass is 9.81. The first-order valence-electron chi connectivity index (χ1n) is 9.44. The zero-order valence-corrected chi connectivity index (χ0v) is 15.3. The minimum absolute atomic E-state index is 0. The van der Waals surface area contributed by atoms with Crippen LogP contribution in [0.2, 0.25) is 0 Å². The maximum absolute atomic E-state index is 11.5. The highest BCUT2D eigenvalue weighted by atomic mass is 16.5. The molecule has 0 amide bonds. The molecule has 0 saturated carbocycles. The number of nitrogens with zero attached hydrogens (tertiary/aromatic N) is 1. The number of aliphatic hydroxyl groups is 2. The lowest BCUT2D eigenvalue weighted by Gasteiger charge is -2.46. The summed E-state index contributed by atoms with van der Waals surface area (Å²) in [5, 5.41) is 20.1. The number of piperidine rings is 3. The second-order valence-electron chi connectivity index (χ2n) is 7.03. The molecule has 2 bridgehead atoms. The van der Waals surface area contributed by atoms with Crippen molar-refractivity contribution < 1.29 is 19.7 Å². The van der Waals surface area contributed by atoms with Crippen LogP contribution in [0.15, 0.2) is 18.2 Å². The van der Waals surface area contributed by atoms with E-state index in [9.17, 15) is 15.0 Å². The summed E-state index contributed by atoms with van der Waals surface area (Å²) < 4.78 is 4.94. The van der Waals surface area contributed by atoms with E-state index in [0.717, 1.165) is 42.6 Å². The van der Waals surface area contributed by atoms with Gasteiger partial charge in [-0.2, -0.15) is 0 Å². The number of fused-ring (bicyclic) bond motifs is 3. The summed E-state index contributed by atoms with van der Waals surface area (Å²) in [7, 11) is 0. The Hall–Kier alpha value is -1.81. The zero-order chi connectivity index (χ0) is 18.5. The maximum Gasteiger partial charge on any atom is 0.306 e. The van der Waals surface area contributed by atoms with Crippen molar-refractivity contribution in [1.82, 2.24) is 4.90 Å². The summed E-state index contributed by atoms with van der Waals surface area (Å²) in [5.41, 5.74) is 2.51. The number of ether oxygens (including phenoxy) is 1. The van der Waals surface area contributed by atoms with Gasteiger partial charge in [-0.1, -0.05) is 24.0 Å². The first-order valence-corrected chi connectivity index (χ1v) is 9.44. The highest BCUT2D eigenvalue weighted by molar-refractivity contribution is 5.75. The van der Waals surface area contributed by atoms with Gasteiger partial charge in [0.05, 0.1) is 33.8 Å². The van der Waals surface area contributed by atoms with E-state index >= 15 is 0 Å². The molecule has 27 heavy (non-hydrogen) atoms. The average Bonchev–Trinajstić information content (AvgIpc) is 2.67. The molecular weight excluding hydrogens is 341 g/mol. The molecule has 2 N–H and O–H groups in total. The standard InChI is InChI=1S/C21H27NO4.BH3/c1-2-26-20(24)8-4-15-3-5-16(18(13-15)14-23)6-7-19-21(25)17-9-11-22(19)12-10-17;/h3,5,13,17,19,21,23,25H,2,4,8-12,14H2,1H3;1H3. The first kappa shape index (κ1) is 21.5. The predicted octanol–water partition coefficient (Wildman–Crippen LogP) is 0.297. The summed E-state index contributed by atoms with van der Waals surface area (Å²) in [4.78, 5) is 13.7. The molecule has 1 aromatic carbocycles. The number of carbonyl (C=O) groups excluding carboxylic acids is 1. The number of esters is 1. The number of rotatable bonds is 5. The molecule has 6 heteroatoms. The zero-order valence-electron chi connectivity index (χ0n) is 15.3. The van der Waals surface area contributed by atoms with Crippen LogP contribution in [-0.4, -0.2) is 61.3 Å². The quantitative estimate of drug-likeness (QED) is 0.443. The van der Waals surface area contributed by atoms with Crippen LogP contribution in [0, 0.1) is 17.8 Å². The van der Waals surface area contributed by atoms with Gasteiger partial charge in [0.15, 0.2) is 0 Å². The normalized spacial score (nSPS) is 25.9. The Morgan fingerprint density at radius 3 is 2.70 bits per heavy atom. The average molecular weight is 371 g/mol. The number of aryl methyl sites for hydroxylation is 1. The fourth-order valence-electron chi connectivity index (χ4n) is 3.88. The van der Waals surface area contributed by atoms with E-state index < -0.39 is 0 Å². The van der Waals surface area contributed by atoms with Crippen molar-refractivity contribution in [2.24, 2.45) is 5.92 Å². The first-order chi connectivity index (χ1) is 12.6. The molecule has 5 nitrogen and oxygen atoms in total. The minimum Gasteiger partial charge on any atom is -0.466 e. The lowest BCUT2D eigenvalue weighted by molar-refractivity contribution is -0.143. The molecule has 146 valence electrons. The lowest BCUT2D eigenvalue weighted by Crippen LogP contribution is -2.57. The van der Waals surface area contributed by atoms with Crippen molar-refractivity contribution in [3.8, 4) is 11.8 Å². The Morgan fingerprint density at radius 2 is 2.07 bits per heavy atom. The van der Waals surface area contributed by atoms with Gasteiger partial charge < -0.3 is 14.9 Å². The van der Waals surface area contributed by atoms with E-state index in [1.54, 1.807) is 6.92 Å². The predicted molar refractivity (Wildman–Crippen MR) is 108 cm³/mol. The Kier molecular flexibility index (Phi) is 7.91. The maximum atomic E-state index is 11.5. The van der Waals surface area contributed by atoms with Gasteiger partial charge in [0.1, 0.15) is 0 Å². The van der Waals surface area contributed by atoms with Gasteiger partial charge in [-0.05, 0) is 62.4 Å². The molecule has 2 atom stereocenters. The van der Waals surface area contributed by atoms with Crippen LogP contribution in [-0.2, 0) is 22.6 Å². The van der Waals surface area contributed by atoms with E-state index in [1.165, 1.54) is 0 Å². The number of hydrogen-bond donors (Lipinski definition) is 2. The van der Waals surface area contributed by atoms with Crippen LogP contribution < -0.4 is 0 Å². The van der Waals surface area contributed by atoms with Gasteiger partial charge >= 0.3 is 5.97 Å². The Balaban J connectivity index is 0.00000261. The summed E-state index contributed by atoms with van der Waals surface area (Å²) in [5.74, 6) is 6.53. The van der Waals surface area contributed by atoms with Crippen LogP contribution in [0.3, 0.4) is 0 Å². The van der Waals surface area contributed by atoms with Crippen LogP contribution in [0.1, 0.15) is 42.9 Å². The fraction of sp³-hybridized carbons (Fsp3) is 0.571. The third-order valence-electron chi connectivity index (χ3n) is 5.39. The highest BCUT2D eigenvalue weighted by Gasteiger charge is 2.40. The van der Waals surface area contributed by atoms with Crippen LogP contribution >= 0.6 is 0 Å². The fourth-order valence-corrected chi connectivity index (χ4v) is 3.88. The third kappa shape index (κ3) is 5.13. The molecule has 3 fully saturated rings. The monoisotopic (exact) mass is 371 g/mol. The Bertz CT molecular complexity index is 702. The summed E-state index contributed by atoms with van der Waals surface area (Å²) >= 11 is 0. The summed E-state index contributed by atoms with van der Waals surface area (Å²) in [6.07, 6.45) is 2.63. The molecular formula is C21H30BNO4. The van der Waals surface area contributed by atoms with Gasteiger partial charge in [0, 0.05) is 12.0 Å². The van der Waals surface area contributed by atoms with Gasteiger partial charge in [0.2, 0.25) is 0 Å². The van der Waals surface area contributed by atoms with Crippen molar-refractivity contribution in [1.29, 1.82) is 0 Å². The van der Waals surface area contributed by atoms with Gasteiger partial charge in [-0.3, -0.25) is 9.69 Å². The van der Waals surface area contributed by atoms with E-state index in [-0.39, 0.29) is 33.1 Å². The minimum atomic E-state index is -0.383. The second-order valence-corrected chi connectivity index (χ2v) is 7.03. The van der Waals surface area contributed by atoms with Crippen molar-refractivity contribution >= 4 is 14.4 Å². The molecule has 0 radical (unpaired) electrons. The van der Waals surface area contributed by atoms with Crippen molar-refractivity contribution in [2.45, 2.75) is 51.4 Å². The van der Waals surface area contributed by atoms with E-state index in [0.29, 0.717) is 25.4 Å². The third-order valence-corrected chi connectivity index (χ3v) is 5.39. The SMILES string of the molecule is B.CCOC(=O)CCc1ccc(C#CC2C(O)C3CCN2CC3)c(CO)c1. The molecule has 3 heterocycles. The number of benzene rings is 1. The van der Waals surface area contributed by atoms with Crippen LogP contribution in [0.4, 0.5) is 0 Å². The second kappa shape index (κ2) is 9.94. The molecule has 1 aromatic rings. The number of hydrogen-bond acceptors (Lipinski definition) is 5.